The Hall–Kier alpha value is -2.54. The van der Waals surface area contributed by atoms with Crippen LogP contribution < -0.4 is 10.5 Å². The van der Waals surface area contributed by atoms with Gasteiger partial charge in [0.15, 0.2) is 0 Å². The van der Waals surface area contributed by atoms with Crippen molar-refractivity contribution in [1.82, 2.24) is 0 Å². The molecular formula is C14H11FN2O. The van der Waals surface area contributed by atoms with Gasteiger partial charge in [-0.25, -0.2) is 4.39 Å². The molecule has 3 nitrogen and oxygen atoms in total. The lowest BCUT2D eigenvalue weighted by Crippen LogP contribution is -1.99. The molecule has 0 fully saturated rings. The number of nitrogen functional groups attached to an aromatic ring is 1. The molecule has 0 radical (unpaired) electrons. The minimum Gasteiger partial charge on any atom is -0.489 e. The molecule has 0 heterocycles. The Bertz CT molecular complexity index is 588. The number of hydrogen-bond donors (Lipinski definition) is 1. The Balaban J connectivity index is 2.10. The highest BCUT2D eigenvalue weighted by Crippen LogP contribution is 2.17. The summed E-state index contributed by atoms with van der Waals surface area (Å²) in [4.78, 5) is 0. The van der Waals surface area contributed by atoms with E-state index in [0.29, 0.717) is 22.6 Å². The quantitative estimate of drug-likeness (QED) is 0.842. The van der Waals surface area contributed by atoms with Gasteiger partial charge in [0.05, 0.1) is 11.6 Å². The van der Waals surface area contributed by atoms with Crippen LogP contribution in [0.1, 0.15) is 11.1 Å². The van der Waals surface area contributed by atoms with Crippen molar-refractivity contribution in [3.05, 3.63) is 59.4 Å². The summed E-state index contributed by atoms with van der Waals surface area (Å²) >= 11 is 0. The lowest BCUT2D eigenvalue weighted by Gasteiger charge is -2.07. The summed E-state index contributed by atoms with van der Waals surface area (Å²) in [5.41, 5.74) is 6.95. The Kier molecular flexibility index (Phi) is 3.44. The maximum absolute atomic E-state index is 13.5. The largest absolute Gasteiger partial charge is 0.489 e. The number of nitrogens with zero attached hydrogens (tertiary/aromatic N) is 1. The van der Waals surface area contributed by atoms with Gasteiger partial charge in [-0.15, -0.1) is 0 Å². The van der Waals surface area contributed by atoms with Crippen LogP contribution in [0.5, 0.6) is 5.75 Å². The average molecular weight is 242 g/mol. The Morgan fingerprint density at radius 1 is 1.17 bits per heavy atom. The second kappa shape index (κ2) is 5.19. The van der Waals surface area contributed by atoms with Crippen molar-refractivity contribution >= 4 is 5.69 Å². The van der Waals surface area contributed by atoms with Crippen molar-refractivity contribution in [1.29, 1.82) is 5.26 Å². The molecule has 0 bridgehead atoms. The van der Waals surface area contributed by atoms with Crippen molar-refractivity contribution in [3.8, 4) is 11.8 Å². The van der Waals surface area contributed by atoms with E-state index >= 15 is 0 Å². The Morgan fingerprint density at radius 3 is 2.56 bits per heavy atom. The lowest BCUT2D eigenvalue weighted by atomic mass is 10.1. The summed E-state index contributed by atoms with van der Waals surface area (Å²) in [5, 5.41) is 8.74. The molecule has 0 aliphatic carbocycles. The van der Waals surface area contributed by atoms with Crippen LogP contribution in [0, 0.1) is 17.1 Å². The fourth-order valence-electron chi connectivity index (χ4n) is 1.48. The summed E-state index contributed by atoms with van der Waals surface area (Å²) in [6, 6.07) is 13.0. The molecule has 0 amide bonds. The van der Waals surface area contributed by atoms with Gasteiger partial charge in [-0.2, -0.15) is 5.26 Å². The minimum absolute atomic E-state index is 0.0747. The number of hydrogen-bond acceptors (Lipinski definition) is 3. The first kappa shape index (κ1) is 11.9. The molecule has 0 spiro atoms. The second-order valence-electron chi connectivity index (χ2n) is 3.78. The topological polar surface area (TPSA) is 59.0 Å². The van der Waals surface area contributed by atoms with Crippen LogP contribution in [0.2, 0.25) is 0 Å². The molecule has 0 aliphatic rings. The van der Waals surface area contributed by atoms with Crippen LogP contribution in [-0.4, -0.2) is 0 Å². The monoisotopic (exact) mass is 242 g/mol. The predicted molar refractivity (Wildman–Crippen MR) is 66.3 cm³/mol. The average Bonchev–Trinajstić information content (AvgIpc) is 2.40. The van der Waals surface area contributed by atoms with Crippen LogP contribution in [0.15, 0.2) is 42.5 Å². The highest BCUT2D eigenvalue weighted by atomic mass is 19.1. The Labute approximate surface area is 104 Å². The number of halogens is 1. The molecule has 2 rings (SSSR count). The summed E-state index contributed by atoms with van der Waals surface area (Å²) in [5.74, 6) is 0.218. The minimum atomic E-state index is -0.385. The van der Waals surface area contributed by atoms with E-state index in [4.69, 9.17) is 15.7 Å². The smallest absolute Gasteiger partial charge is 0.129 e. The lowest BCUT2D eigenvalue weighted by molar-refractivity contribution is 0.300. The van der Waals surface area contributed by atoms with Crippen molar-refractivity contribution < 1.29 is 9.13 Å². The first-order chi connectivity index (χ1) is 8.69. The van der Waals surface area contributed by atoms with Gasteiger partial charge in [0.25, 0.3) is 0 Å². The highest BCUT2D eigenvalue weighted by molar-refractivity contribution is 5.41. The van der Waals surface area contributed by atoms with Gasteiger partial charge in [0, 0.05) is 11.3 Å². The maximum Gasteiger partial charge on any atom is 0.129 e. The zero-order chi connectivity index (χ0) is 13.0. The summed E-state index contributed by atoms with van der Waals surface area (Å²) in [6.45, 7) is 0.0747. The van der Waals surface area contributed by atoms with E-state index in [1.54, 1.807) is 24.3 Å². The van der Waals surface area contributed by atoms with E-state index in [2.05, 4.69) is 0 Å². The fourth-order valence-corrected chi connectivity index (χ4v) is 1.48. The van der Waals surface area contributed by atoms with Crippen molar-refractivity contribution in [2.45, 2.75) is 6.61 Å². The van der Waals surface area contributed by atoms with Crippen LogP contribution in [0.25, 0.3) is 0 Å². The molecule has 2 aromatic rings. The summed E-state index contributed by atoms with van der Waals surface area (Å²) in [7, 11) is 0. The van der Waals surface area contributed by atoms with E-state index in [0.717, 1.165) is 0 Å². The van der Waals surface area contributed by atoms with Gasteiger partial charge in [0.1, 0.15) is 18.2 Å². The van der Waals surface area contributed by atoms with E-state index in [1.165, 1.54) is 18.2 Å². The van der Waals surface area contributed by atoms with Crippen molar-refractivity contribution in [3.63, 3.8) is 0 Å². The van der Waals surface area contributed by atoms with Gasteiger partial charge >= 0.3 is 0 Å². The second-order valence-corrected chi connectivity index (χ2v) is 3.78. The molecular weight excluding hydrogens is 231 g/mol. The van der Waals surface area contributed by atoms with E-state index in [-0.39, 0.29) is 12.4 Å². The van der Waals surface area contributed by atoms with Gasteiger partial charge in [0.2, 0.25) is 0 Å². The molecule has 2 aromatic carbocycles. The number of rotatable bonds is 3. The molecule has 2 N–H and O–H groups in total. The van der Waals surface area contributed by atoms with Crippen molar-refractivity contribution in [2.24, 2.45) is 0 Å². The van der Waals surface area contributed by atoms with Gasteiger partial charge in [-0.1, -0.05) is 0 Å². The van der Waals surface area contributed by atoms with Gasteiger partial charge in [-0.05, 0) is 42.5 Å². The number of nitrogens with two attached hydrogens (primary N) is 1. The predicted octanol–water partition coefficient (Wildman–Crippen LogP) is 2.86. The SMILES string of the molecule is N#Cc1ccc(F)c(COc2ccc(N)cc2)c1. The van der Waals surface area contributed by atoms with E-state index in [1.807, 2.05) is 6.07 Å². The van der Waals surface area contributed by atoms with E-state index < -0.39 is 0 Å². The zero-order valence-corrected chi connectivity index (χ0v) is 9.56. The number of anilines is 1. The molecule has 0 aromatic heterocycles. The maximum atomic E-state index is 13.5. The molecule has 0 saturated heterocycles. The van der Waals surface area contributed by atoms with Gasteiger partial charge in [-0.3, -0.25) is 0 Å². The molecule has 0 aliphatic heterocycles. The van der Waals surface area contributed by atoms with Crippen LogP contribution >= 0.6 is 0 Å². The first-order valence-corrected chi connectivity index (χ1v) is 5.36. The number of benzene rings is 2. The highest BCUT2D eigenvalue weighted by Gasteiger charge is 2.04. The number of nitriles is 1. The van der Waals surface area contributed by atoms with Crippen molar-refractivity contribution in [2.75, 3.05) is 5.73 Å². The zero-order valence-electron chi connectivity index (χ0n) is 9.56. The third-order valence-corrected chi connectivity index (χ3v) is 2.45. The third-order valence-electron chi connectivity index (χ3n) is 2.45. The molecule has 0 unspecified atom stereocenters. The third kappa shape index (κ3) is 2.77. The van der Waals surface area contributed by atoms with Crippen LogP contribution in [0.4, 0.5) is 10.1 Å². The molecule has 4 heteroatoms. The number of ether oxygens (including phenoxy) is 1. The molecule has 0 saturated carbocycles. The van der Waals surface area contributed by atoms with E-state index in [9.17, 15) is 4.39 Å². The first-order valence-electron chi connectivity index (χ1n) is 5.36. The molecule has 0 atom stereocenters. The molecule has 18 heavy (non-hydrogen) atoms. The summed E-state index contributed by atoms with van der Waals surface area (Å²) in [6.07, 6.45) is 0. The van der Waals surface area contributed by atoms with Gasteiger partial charge < -0.3 is 10.5 Å². The van der Waals surface area contributed by atoms with Crippen LogP contribution in [0.3, 0.4) is 0 Å². The normalized spacial score (nSPS) is 9.78. The standard InChI is InChI=1S/C14H11FN2O/c15-14-6-1-10(8-16)7-11(14)9-18-13-4-2-12(17)3-5-13/h1-7H,9,17H2. The summed E-state index contributed by atoms with van der Waals surface area (Å²) < 4.78 is 18.9. The fraction of sp³-hybridized carbons (Fsp3) is 0.0714. The Morgan fingerprint density at radius 2 is 1.89 bits per heavy atom. The van der Waals surface area contributed by atoms with Crippen LogP contribution in [-0.2, 0) is 6.61 Å². The molecule has 90 valence electrons.